The summed E-state index contributed by atoms with van der Waals surface area (Å²) in [6.07, 6.45) is 5.62. The van der Waals surface area contributed by atoms with Gasteiger partial charge in [-0.05, 0) is 18.8 Å². The third kappa shape index (κ3) is 5.50. The molecule has 0 bridgehead atoms. The van der Waals surface area contributed by atoms with Gasteiger partial charge in [-0.3, -0.25) is 4.79 Å². The Bertz CT molecular complexity index is 195. The van der Waals surface area contributed by atoms with Gasteiger partial charge in [0.2, 0.25) is 0 Å². The summed E-state index contributed by atoms with van der Waals surface area (Å²) in [7, 11) is 0. The predicted octanol–water partition coefficient (Wildman–Crippen LogP) is 2.78. The summed E-state index contributed by atoms with van der Waals surface area (Å²) in [5.41, 5.74) is 0. The summed E-state index contributed by atoms with van der Waals surface area (Å²) in [6, 6.07) is 0. The molecule has 1 aliphatic rings. The van der Waals surface area contributed by atoms with Crippen LogP contribution in [0.25, 0.3) is 0 Å². The average Bonchev–Trinajstić information content (AvgIpc) is 2.29. The molecule has 16 heavy (non-hydrogen) atoms. The standard InChI is InChI=1S/C13H24O3/c1-11(2)10-15-8-9-16-13(14)12-6-4-3-5-7-12/h11-12H,3-10H2,1-2H3. The minimum Gasteiger partial charge on any atom is -0.463 e. The summed E-state index contributed by atoms with van der Waals surface area (Å²) in [4.78, 5) is 11.6. The fourth-order valence-corrected chi connectivity index (χ4v) is 1.98. The minimum absolute atomic E-state index is 0.0205. The van der Waals surface area contributed by atoms with Crippen LogP contribution in [-0.2, 0) is 14.3 Å². The van der Waals surface area contributed by atoms with E-state index < -0.39 is 0 Å². The molecule has 0 heterocycles. The molecular weight excluding hydrogens is 204 g/mol. The molecule has 1 aliphatic carbocycles. The highest BCUT2D eigenvalue weighted by molar-refractivity contribution is 5.72. The number of rotatable bonds is 6. The van der Waals surface area contributed by atoms with Crippen LogP contribution in [0.15, 0.2) is 0 Å². The van der Waals surface area contributed by atoms with Gasteiger partial charge in [-0.25, -0.2) is 0 Å². The van der Waals surface area contributed by atoms with E-state index in [4.69, 9.17) is 9.47 Å². The SMILES string of the molecule is CC(C)COCCOC(=O)C1CCCCC1. The fraction of sp³-hybridized carbons (Fsp3) is 0.923. The third-order valence-corrected chi connectivity index (χ3v) is 2.86. The summed E-state index contributed by atoms with van der Waals surface area (Å²) < 4.78 is 10.6. The largest absolute Gasteiger partial charge is 0.463 e. The molecule has 0 atom stereocenters. The molecular formula is C13H24O3. The molecule has 0 unspecified atom stereocenters. The molecule has 0 aromatic rings. The Morgan fingerprint density at radius 1 is 1.19 bits per heavy atom. The normalized spacial score (nSPS) is 17.7. The van der Waals surface area contributed by atoms with E-state index in [1.807, 2.05) is 0 Å². The van der Waals surface area contributed by atoms with E-state index in [2.05, 4.69) is 13.8 Å². The van der Waals surface area contributed by atoms with Gasteiger partial charge in [0.25, 0.3) is 0 Å². The maximum absolute atomic E-state index is 11.6. The average molecular weight is 228 g/mol. The Kier molecular flexibility index (Phi) is 6.46. The fourth-order valence-electron chi connectivity index (χ4n) is 1.98. The highest BCUT2D eigenvalue weighted by Crippen LogP contribution is 2.24. The first-order valence-corrected chi connectivity index (χ1v) is 6.44. The molecule has 1 fully saturated rings. The second-order valence-corrected chi connectivity index (χ2v) is 4.97. The number of hydrogen-bond donors (Lipinski definition) is 0. The summed E-state index contributed by atoms with van der Waals surface area (Å²) in [6.45, 7) is 5.88. The molecule has 0 saturated heterocycles. The van der Waals surface area contributed by atoms with Crippen LogP contribution >= 0.6 is 0 Å². The van der Waals surface area contributed by atoms with Gasteiger partial charge >= 0.3 is 5.97 Å². The first-order chi connectivity index (χ1) is 7.70. The van der Waals surface area contributed by atoms with Crippen LogP contribution in [0, 0.1) is 11.8 Å². The second-order valence-electron chi connectivity index (χ2n) is 4.97. The topological polar surface area (TPSA) is 35.5 Å². The van der Waals surface area contributed by atoms with Crippen LogP contribution in [0.4, 0.5) is 0 Å². The van der Waals surface area contributed by atoms with E-state index >= 15 is 0 Å². The van der Waals surface area contributed by atoms with Crippen LogP contribution in [0.3, 0.4) is 0 Å². The number of carbonyl (C=O) groups excluding carboxylic acids is 1. The van der Waals surface area contributed by atoms with Crippen molar-refractivity contribution in [2.45, 2.75) is 46.0 Å². The zero-order chi connectivity index (χ0) is 11.8. The monoisotopic (exact) mass is 228 g/mol. The molecule has 0 spiro atoms. The van der Waals surface area contributed by atoms with Crippen LogP contribution in [0.1, 0.15) is 46.0 Å². The Labute approximate surface area is 98.5 Å². The zero-order valence-electron chi connectivity index (χ0n) is 10.5. The van der Waals surface area contributed by atoms with Crippen molar-refractivity contribution in [2.75, 3.05) is 19.8 Å². The second kappa shape index (κ2) is 7.66. The smallest absolute Gasteiger partial charge is 0.309 e. The molecule has 94 valence electrons. The molecule has 0 aromatic carbocycles. The highest BCUT2D eigenvalue weighted by Gasteiger charge is 2.22. The number of carbonyl (C=O) groups is 1. The first-order valence-electron chi connectivity index (χ1n) is 6.44. The maximum atomic E-state index is 11.6. The van der Waals surface area contributed by atoms with E-state index in [9.17, 15) is 4.79 Å². The molecule has 0 N–H and O–H groups in total. The Hall–Kier alpha value is -0.570. The number of esters is 1. The highest BCUT2D eigenvalue weighted by atomic mass is 16.6. The quantitative estimate of drug-likeness (QED) is 0.518. The van der Waals surface area contributed by atoms with Gasteiger partial charge < -0.3 is 9.47 Å². The lowest BCUT2D eigenvalue weighted by atomic mass is 9.89. The van der Waals surface area contributed by atoms with Gasteiger partial charge in [-0.15, -0.1) is 0 Å². The van der Waals surface area contributed by atoms with E-state index in [1.54, 1.807) is 0 Å². The van der Waals surface area contributed by atoms with Crippen molar-refractivity contribution in [2.24, 2.45) is 11.8 Å². The van der Waals surface area contributed by atoms with E-state index in [0.29, 0.717) is 19.1 Å². The molecule has 0 radical (unpaired) electrons. The Balaban J connectivity index is 2.01. The van der Waals surface area contributed by atoms with Gasteiger partial charge in [0.05, 0.1) is 12.5 Å². The van der Waals surface area contributed by atoms with Gasteiger partial charge in [0, 0.05) is 6.61 Å². The summed E-state index contributed by atoms with van der Waals surface area (Å²) >= 11 is 0. The summed E-state index contributed by atoms with van der Waals surface area (Å²) in [5, 5.41) is 0. The van der Waals surface area contributed by atoms with Crippen molar-refractivity contribution in [3.05, 3.63) is 0 Å². The van der Waals surface area contributed by atoms with E-state index in [1.165, 1.54) is 19.3 Å². The lowest BCUT2D eigenvalue weighted by Gasteiger charge is -2.19. The first kappa shape index (κ1) is 13.5. The molecule has 0 aliphatic heterocycles. The molecule has 1 rings (SSSR count). The molecule has 3 nitrogen and oxygen atoms in total. The van der Waals surface area contributed by atoms with Crippen LogP contribution in [-0.4, -0.2) is 25.8 Å². The molecule has 1 saturated carbocycles. The van der Waals surface area contributed by atoms with Crippen LogP contribution in [0.2, 0.25) is 0 Å². The van der Waals surface area contributed by atoms with Gasteiger partial charge in [-0.2, -0.15) is 0 Å². The zero-order valence-corrected chi connectivity index (χ0v) is 10.5. The minimum atomic E-state index is -0.0205. The molecule has 0 amide bonds. The van der Waals surface area contributed by atoms with E-state index in [-0.39, 0.29) is 11.9 Å². The van der Waals surface area contributed by atoms with Gasteiger partial charge in [0.15, 0.2) is 0 Å². The lowest BCUT2D eigenvalue weighted by Crippen LogP contribution is -2.22. The van der Waals surface area contributed by atoms with E-state index in [0.717, 1.165) is 19.4 Å². The van der Waals surface area contributed by atoms with Crippen LogP contribution in [0.5, 0.6) is 0 Å². The summed E-state index contributed by atoms with van der Waals surface area (Å²) in [5.74, 6) is 0.667. The van der Waals surface area contributed by atoms with Crippen molar-refractivity contribution in [1.82, 2.24) is 0 Å². The Morgan fingerprint density at radius 3 is 2.50 bits per heavy atom. The maximum Gasteiger partial charge on any atom is 0.309 e. The third-order valence-electron chi connectivity index (χ3n) is 2.86. The molecule has 3 heteroatoms. The van der Waals surface area contributed by atoms with Gasteiger partial charge in [0.1, 0.15) is 6.61 Å². The van der Waals surface area contributed by atoms with Gasteiger partial charge in [-0.1, -0.05) is 33.1 Å². The van der Waals surface area contributed by atoms with Crippen LogP contribution < -0.4 is 0 Å². The Morgan fingerprint density at radius 2 is 1.88 bits per heavy atom. The van der Waals surface area contributed by atoms with Crippen molar-refractivity contribution in [3.63, 3.8) is 0 Å². The number of hydrogen-bond acceptors (Lipinski definition) is 3. The lowest BCUT2D eigenvalue weighted by molar-refractivity contribution is -0.151. The van der Waals surface area contributed by atoms with Crippen molar-refractivity contribution < 1.29 is 14.3 Å². The van der Waals surface area contributed by atoms with Crippen molar-refractivity contribution in [3.8, 4) is 0 Å². The number of ether oxygens (including phenoxy) is 2. The van der Waals surface area contributed by atoms with Crippen molar-refractivity contribution >= 4 is 5.97 Å². The predicted molar refractivity (Wildman–Crippen MR) is 63.2 cm³/mol. The molecule has 0 aromatic heterocycles. The van der Waals surface area contributed by atoms with Crippen molar-refractivity contribution in [1.29, 1.82) is 0 Å².